The van der Waals surface area contributed by atoms with Crippen LogP contribution in [-0.2, 0) is 20.0 Å². The van der Waals surface area contributed by atoms with Crippen LogP contribution in [0, 0.1) is 0 Å². The Morgan fingerprint density at radius 1 is 1.36 bits per heavy atom. The Kier molecular flexibility index (Phi) is 3.96. The van der Waals surface area contributed by atoms with E-state index >= 15 is 0 Å². The van der Waals surface area contributed by atoms with Crippen LogP contribution in [0.4, 0.5) is 0 Å². The molecule has 4 nitrogen and oxygen atoms in total. The molecular formula is C17H22ClNO3. The van der Waals surface area contributed by atoms with E-state index in [2.05, 4.69) is 0 Å². The molecule has 1 amide bonds. The summed E-state index contributed by atoms with van der Waals surface area (Å²) in [6.45, 7) is 7.12. The van der Waals surface area contributed by atoms with Crippen LogP contribution in [0.25, 0.3) is 0 Å². The highest BCUT2D eigenvalue weighted by atomic mass is 35.5. The van der Waals surface area contributed by atoms with Gasteiger partial charge in [-0.15, -0.1) is 0 Å². The van der Waals surface area contributed by atoms with Crippen LogP contribution in [-0.4, -0.2) is 35.7 Å². The first-order valence-corrected chi connectivity index (χ1v) is 8.06. The van der Waals surface area contributed by atoms with Crippen molar-refractivity contribution in [3.8, 4) is 0 Å². The Hall–Kier alpha value is -1.10. The number of rotatable bonds is 3. The van der Waals surface area contributed by atoms with E-state index in [1.807, 2.05) is 49.9 Å². The zero-order chi connectivity index (χ0) is 16.0. The molecule has 0 saturated carbocycles. The Balaban J connectivity index is 1.82. The van der Waals surface area contributed by atoms with Crippen molar-refractivity contribution >= 4 is 17.5 Å². The first-order valence-electron chi connectivity index (χ1n) is 7.68. The summed E-state index contributed by atoms with van der Waals surface area (Å²) in [7, 11) is 0. The molecular weight excluding hydrogens is 302 g/mol. The highest BCUT2D eigenvalue weighted by Crippen LogP contribution is 2.46. The Labute approximate surface area is 136 Å². The van der Waals surface area contributed by atoms with Crippen LogP contribution >= 0.6 is 11.6 Å². The summed E-state index contributed by atoms with van der Waals surface area (Å²) in [4.78, 5) is 14.1. The number of hydrogen-bond donors (Lipinski definition) is 0. The molecule has 2 aliphatic heterocycles. The highest BCUT2D eigenvalue weighted by Gasteiger charge is 2.54. The molecule has 2 heterocycles. The zero-order valence-electron chi connectivity index (χ0n) is 13.3. The molecule has 2 atom stereocenters. The maximum absolute atomic E-state index is 12.2. The molecule has 2 fully saturated rings. The van der Waals surface area contributed by atoms with Crippen LogP contribution in [0.5, 0.6) is 0 Å². The van der Waals surface area contributed by atoms with Gasteiger partial charge in [0.25, 0.3) is 0 Å². The van der Waals surface area contributed by atoms with E-state index in [1.165, 1.54) is 0 Å². The van der Waals surface area contributed by atoms with Crippen LogP contribution in [0.1, 0.15) is 39.2 Å². The van der Waals surface area contributed by atoms with Crippen LogP contribution < -0.4 is 0 Å². The van der Waals surface area contributed by atoms with Crippen molar-refractivity contribution in [1.82, 2.24) is 4.90 Å². The molecule has 0 aromatic heterocycles. The fourth-order valence-corrected chi connectivity index (χ4v) is 3.27. The van der Waals surface area contributed by atoms with E-state index in [0.717, 1.165) is 5.56 Å². The first-order chi connectivity index (χ1) is 10.3. The molecule has 0 spiro atoms. The lowest BCUT2D eigenvalue weighted by atomic mass is 10.0. The quantitative estimate of drug-likeness (QED) is 0.856. The van der Waals surface area contributed by atoms with Gasteiger partial charge in [-0.25, -0.2) is 0 Å². The van der Waals surface area contributed by atoms with Gasteiger partial charge in [0.15, 0.2) is 5.72 Å². The molecule has 0 radical (unpaired) electrons. The number of ether oxygens (including phenoxy) is 2. The van der Waals surface area contributed by atoms with Crippen molar-refractivity contribution in [2.75, 3.05) is 13.2 Å². The van der Waals surface area contributed by atoms with Crippen LogP contribution in [0.3, 0.4) is 0 Å². The lowest BCUT2D eigenvalue weighted by Crippen LogP contribution is -2.38. The summed E-state index contributed by atoms with van der Waals surface area (Å²) in [5.41, 5.74) is 0.127. The minimum absolute atomic E-state index is 0.0980. The minimum atomic E-state index is -0.645. The summed E-state index contributed by atoms with van der Waals surface area (Å²) >= 11 is 5.97. The largest absolute Gasteiger partial charge is 0.373 e. The maximum Gasteiger partial charge on any atom is 0.225 e. The van der Waals surface area contributed by atoms with E-state index in [-0.39, 0.29) is 17.6 Å². The van der Waals surface area contributed by atoms with Gasteiger partial charge in [-0.3, -0.25) is 4.79 Å². The monoisotopic (exact) mass is 323 g/mol. The van der Waals surface area contributed by atoms with Gasteiger partial charge in [-0.05, 0) is 32.9 Å². The molecule has 0 aliphatic carbocycles. The van der Waals surface area contributed by atoms with Crippen LogP contribution in [0.15, 0.2) is 24.3 Å². The van der Waals surface area contributed by atoms with Gasteiger partial charge in [-0.1, -0.05) is 23.7 Å². The summed E-state index contributed by atoms with van der Waals surface area (Å²) in [5, 5.41) is 0.682. The number of amides is 1. The third-order valence-electron chi connectivity index (χ3n) is 4.16. The second kappa shape index (κ2) is 5.52. The number of nitrogens with zero attached hydrogens (tertiary/aromatic N) is 1. The number of fused-ring (bicyclic) bond motifs is 1. The fraction of sp³-hybridized carbons (Fsp3) is 0.588. The lowest BCUT2D eigenvalue weighted by Gasteiger charge is -2.31. The summed E-state index contributed by atoms with van der Waals surface area (Å²) in [5.74, 6) is 0.146. The molecule has 2 aliphatic rings. The minimum Gasteiger partial charge on any atom is -0.373 e. The van der Waals surface area contributed by atoms with E-state index in [4.69, 9.17) is 21.1 Å². The summed E-state index contributed by atoms with van der Waals surface area (Å²) < 4.78 is 12.1. The third-order valence-corrected chi connectivity index (χ3v) is 4.41. The number of halogens is 1. The van der Waals surface area contributed by atoms with Gasteiger partial charge in [-0.2, -0.15) is 0 Å². The number of carbonyl (C=O) groups excluding carboxylic acids is 1. The van der Waals surface area contributed by atoms with E-state index in [9.17, 15) is 4.79 Å². The zero-order valence-corrected chi connectivity index (χ0v) is 14.0. The van der Waals surface area contributed by atoms with Crippen LogP contribution in [0.2, 0.25) is 5.02 Å². The van der Waals surface area contributed by atoms with Crippen molar-refractivity contribution in [3.63, 3.8) is 0 Å². The number of hydrogen-bond acceptors (Lipinski definition) is 3. The summed E-state index contributed by atoms with van der Waals surface area (Å²) in [6.07, 6.45) is 1.11. The fourth-order valence-electron chi connectivity index (χ4n) is 3.14. The average Bonchev–Trinajstić information content (AvgIpc) is 2.95. The Morgan fingerprint density at radius 3 is 2.68 bits per heavy atom. The van der Waals surface area contributed by atoms with E-state index in [1.54, 1.807) is 0 Å². The average molecular weight is 324 g/mol. The van der Waals surface area contributed by atoms with Gasteiger partial charge < -0.3 is 14.4 Å². The highest BCUT2D eigenvalue weighted by molar-refractivity contribution is 6.30. The van der Waals surface area contributed by atoms with Gasteiger partial charge in [0.1, 0.15) is 6.10 Å². The van der Waals surface area contributed by atoms with Gasteiger partial charge in [0.2, 0.25) is 5.91 Å². The molecule has 1 aromatic carbocycles. The van der Waals surface area contributed by atoms with Crippen molar-refractivity contribution in [1.29, 1.82) is 0 Å². The lowest BCUT2D eigenvalue weighted by molar-refractivity contribution is -0.144. The van der Waals surface area contributed by atoms with Crippen molar-refractivity contribution < 1.29 is 14.3 Å². The van der Waals surface area contributed by atoms with Gasteiger partial charge >= 0.3 is 0 Å². The first kappa shape index (κ1) is 15.8. The molecule has 0 N–H and O–H groups in total. The SMILES string of the molecule is CC(C)(C)OC[C@@H]1CN2C(=O)CC[C@]2(c2ccc(Cl)cc2)O1. The second-order valence-electron chi connectivity index (χ2n) is 6.96. The number of benzene rings is 1. The number of carbonyl (C=O) groups is 1. The van der Waals surface area contributed by atoms with Gasteiger partial charge in [0.05, 0.1) is 18.8 Å². The topological polar surface area (TPSA) is 38.8 Å². The Bertz CT molecular complexity index is 566. The standard InChI is InChI=1S/C17H22ClNO3/c1-16(2,3)21-11-14-10-19-15(20)8-9-17(19,22-14)12-4-6-13(18)7-5-12/h4-7,14H,8-11H2,1-3H3/t14-,17+/m0/s1. The predicted molar refractivity (Wildman–Crippen MR) is 84.7 cm³/mol. The normalized spacial score (nSPS) is 28.3. The molecule has 3 rings (SSSR count). The van der Waals surface area contributed by atoms with Crippen molar-refractivity contribution in [2.24, 2.45) is 0 Å². The predicted octanol–water partition coefficient (Wildman–Crippen LogP) is 3.33. The van der Waals surface area contributed by atoms with Crippen molar-refractivity contribution in [3.05, 3.63) is 34.9 Å². The maximum atomic E-state index is 12.2. The molecule has 120 valence electrons. The molecule has 0 unspecified atom stereocenters. The molecule has 5 heteroatoms. The molecule has 1 aromatic rings. The molecule has 22 heavy (non-hydrogen) atoms. The Morgan fingerprint density at radius 2 is 2.05 bits per heavy atom. The molecule has 2 saturated heterocycles. The van der Waals surface area contributed by atoms with Crippen molar-refractivity contribution in [2.45, 2.75) is 51.0 Å². The van der Waals surface area contributed by atoms with Gasteiger partial charge in [0, 0.05) is 23.4 Å². The van der Waals surface area contributed by atoms with E-state index < -0.39 is 5.72 Å². The smallest absolute Gasteiger partial charge is 0.225 e. The van der Waals surface area contributed by atoms with E-state index in [0.29, 0.717) is 31.0 Å². The summed E-state index contributed by atoms with van der Waals surface area (Å²) in [6, 6.07) is 7.58. The molecule has 0 bridgehead atoms. The third kappa shape index (κ3) is 2.87. The second-order valence-corrected chi connectivity index (χ2v) is 7.40.